The third-order valence-electron chi connectivity index (χ3n) is 2.56. The number of hydrogen-bond acceptors (Lipinski definition) is 2. The third kappa shape index (κ3) is 5.61. The zero-order valence-electron chi connectivity index (χ0n) is 10.1. The lowest BCUT2D eigenvalue weighted by molar-refractivity contribution is 0.142. The predicted octanol–water partition coefficient (Wildman–Crippen LogP) is 3.27. The summed E-state index contributed by atoms with van der Waals surface area (Å²) in [6.07, 6.45) is 2.36. The quantitative estimate of drug-likeness (QED) is 0.785. The molecule has 0 heterocycles. The molecule has 2 N–H and O–H groups in total. The van der Waals surface area contributed by atoms with E-state index in [0.717, 1.165) is 30.5 Å². The summed E-state index contributed by atoms with van der Waals surface area (Å²) in [5.74, 6) is -0.195. The van der Waals surface area contributed by atoms with E-state index in [1.807, 2.05) is 13.0 Å². The molecule has 1 aromatic carbocycles. The second-order valence-electron chi connectivity index (χ2n) is 4.04. The molecule has 2 nitrogen and oxygen atoms in total. The van der Waals surface area contributed by atoms with Crippen LogP contribution in [0.3, 0.4) is 0 Å². The van der Waals surface area contributed by atoms with Gasteiger partial charge < -0.3 is 10.5 Å². The van der Waals surface area contributed by atoms with Gasteiger partial charge in [0.15, 0.2) is 0 Å². The van der Waals surface area contributed by atoms with Crippen LogP contribution in [0.5, 0.6) is 0 Å². The van der Waals surface area contributed by atoms with Crippen LogP contribution in [0.4, 0.5) is 4.39 Å². The minimum absolute atomic E-state index is 0.00821. The highest BCUT2D eigenvalue weighted by Gasteiger charge is 2.08. The summed E-state index contributed by atoms with van der Waals surface area (Å²) in [5, 5.41) is 0. The van der Waals surface area contributed by atoms with Gasteiger partial charge in [-0.2, -0.15) is 0 Å². The standard InChI is InChI=1S/C13H19BrFNO/c1-2-17-7-3-4-12(16)8-10-5-6-11(14)9-13(10)15/h5-6,9,12H,2-4,7-8,16H2,1H3. The van der Waals surface area contributed by atoms with Crippen LogP contribution < -0.4 is 5.73 Å². The Kier molecular flexibility index (Phi) is 6.70. The van der Waals surface area contributed by atoms with Crippen molar-refractivity contribution in [3.05, 3.63) is 34.1 Å². The van der Waals surface area contributed by atoms with Gasteiger partial charge >= 0.3 is 0 Å². The Hall–Kier alpha value is -0.450. The van der Waals surface area contributed by atoms with Gasteiger partial charge in [0.1, 0.15) is 5.82 Å². The monoisotopic (exact) mass is 303 g/mol. The fourth-order valence-corrected chi connectivity index (χ4v) is 2.00. The first-order valence-corrected chi connectivity index (χ1v) is 6.70. The number of ether oxygens (including phenoxy) is 1. The van der Waals surface area contributed by atoms with E-state index in [1.165, 1.54) is 6.07 Å². The molecule has 0 aliphatic heterocycles. The van der Waals surface area contributed by atoms with Crippen molar-refractivity contribution in [1.82, 2.24) is 0 Å². The smallest absolute Gasteiger partial charge is 0.127 e. The van der Waals surface area contributed by atoms with Crippen LogP contribution in [0.2, 0.25) is 0 Å². The van der Waals surface area contributed by atoms with Crippen molar-refractivity contribution in [2.24, 2.45) is 5.73 Å². The lowest BCUT2D eigenvalue weighted by atomic mass is 10.0. The first kappa shape index (κ1) is 14.6. The first-order valence-electron chi connectivity index (χ1n) is 5.90. The predicted molar refractivity (Wildman–Crippen MR) is 71.5 cm³/mol. The molecule has 0 aliphatic rings. The normalized spacial score (nSPS) is 12.7. The van der Waals surface area contributed by atoms with Gasteiger partial charge in [0.2, 0.25) is 0 Å². The maximum atomic E-state index is 13.5. The van der Waals surface area contributed by atoms with Crippen molar-refractivity contribution < 1.29 is 9.13 Å². The molecule has 0 saturated heterocycles. The highest BCUT2D eigenvalue weighted by molar-refractivity contribution is 9.10. The zero-order valence-corrected chi connectivity index (χ0v) is 11.7. The van der Waals surface area contributed by atoms with Crippen molar-refractivity contribution in [1.29, 1.82) is 0 Å². The van der Waals surface area contributed by atoms with E-state index in [1.54, 1.807) is 6.07 Å². The number of nitrogens with two attached hydrogens (primary N) is 1. The molecule has 0 aliphatic carbocycles. The molecule has 1 atom stereocenters. The maximum Gasteiger partial charge on any atom is 0.127 e. The number of rotatable bonds is 7. The fraction of sp³-hybridized carbons (Fsp3) is 0.538. The van der Waals surface area contributed by atoms with Crippen molar-refractivity contribution in [3.63, 3.8) is 0 Å². The molecule has 0 amide bonds. The Morgan fingerprint density at radius 2 is 2.24 bits per heavy atom. The Balaban J connectivity index is 2.37. The average molecular weight is 304 g/mol. The zero-order chi connectivity index (χ0) is 12.7. The van der Waals surface area contributed by atoms with Crippen LogP contribution in [0.1, 0.15) is 25.3 Å². The Labute approximate surface area is 110 Å². The molecule has 0 radical (unpaired) electrons. The van der Waals surface area contributed by atoms with Crippen molar-refractivity contribution in [2.75, 3.05) is 13.2 Å². The first-order chi connectivity index (χ1) is 8.13. The van der Waals surface area contributed by atoms with E-state index in [2.05, 4.69) is 15.9 Å². The molecular weight excluding hydrogens is 285 g/mol. The van der Waals surface area contributed by atoms with E-state index in [4.69, 9.17) is 10.5 Å². The Morgan fingerprint density at radius 3 is 2.88 bits per heavy atom. The second kappa shape index (κ2) is 7.80. The largest absolute Gasteiger partial charge is 0.382 e. The molecule has 1 unspecified atom stereocenters. The van der Waals surface area contributed by atoms with Gasteiger partial charge in [-0.1, -0.05) is 22.0 Å². The number of hydrogen-bond donors (Lipinski definition) is 1. The summed E-state index contributed by atoms with van der Waals surface area (Å²) in [7, 11) is 0. The van der Waals surface area contributed by atoms with Gasteiger partial charge in [-0.3, -0.25) is 0 Å². The summed E-state index contributed by atoms with van der Waals surface area (Å²) in [6, 6.07) is 5.08. The molecule has 96 valence electrons. The molecule has 17 heavy (non-hydrogen) atoms. The van der Waals surface area contributed by atoms with Gasteiger partial charge in [0.25, 0.3) is 0 Å². The van der Waals surface area contributed by atoms with Crippen molar-refractivity contribution in [2.45, 2.75) is 32.2 Å². The molecule has 1 aromatic rings. The van der Waals surface area contributed by atoms with Crippen LogP contribution in [0, 0.1) is 5.82 Å². The van der Waals surface area contributed by atoms with Crippen LogP contribution >= 0.6 is 15.9 Å². The molecule has 0 spiro atoms. The fourth-order valence-electron chi connectivity index (χ4n) is 1.66. The SMILES string of the molecule is CCOCCCC(N)Cc1ccc(Br)cc1F. The van der Waals surface area contributed by atoms with E-state index in [9.17, 15) is 4.39 Å². The molecule has 1 rings (SSSR count). The molecule has 4 heteroatoms. The van der Waals surface area contributed by atoms with Gasteiger partial charge in [0, 0.05) is 23.7 Å². The van der Waals surface area contributed by atoms with E-state index in [-0.39, 0.29) is 11.9 Å². The summed E-state index contributed by atoms with van der Waals surface area (Å²) >= 11 is 3.23. The van der Waals surface area contributed by atoms with Crippen molar-refractivity contribution in [3.8, 4) is 0 Å². The summed E-state index contributed by atoms with van der Waals surface area (Å²) in [4.78, 5) is 0. The maximum absolute atomic E-state index is 13.5. The highest BCUT2D eigenvalue weighted by Crippen LogP contribution is 2.17. The molecule has 0 aromatic heterocycles. The van der Waals surface area contributed by atoms with Gasteiger partial charge in [-0.15, -0.1) is 0 Å². The summed E-state index contributed by atoms with van der Waals surface area (Å²) < 4.78 is 19.5. The average Bonchev–Trinajstić information content (AvgIpc) is 2.28. The summed E-state index contributed by atoms with van der Waals surface area (Å²) in [6.45, 7) is 3.43. The molecule has 0 fully saturated rings. The van der Waals surface area contributed by atoms with Crippen molar-refractivity contribution >= 4 is 15.9 Å². The second-order valence-corrected chi connectivity index (χ2v) is 4.95. The van der Waals surface area contributed by atoms with Crippen LogP contribution in [-0.2, 0) is 11.2 Å². The Morgan fingerprint density at radius 1 is 1.47 bits per heavy atom. The number of benzene rings is 1. The number of halogens is 2. The molecule has 0 saturated carbocycles. The van der Waals surface area contributed by atoms with Gasteiger partial charge in [0.05, 0.1) is 0 Å². The highest BCUT2D eigenvalue weighted by atomic mass is 79.9. The van der Waals surface area contributed by atoms with Crippen LogP contribution in [0.15, 0.2) is 22.7 Å². The third-order valence-corrected chi connectivity index (χ3v) is 3.06. The van der Waals surface area contributed by atoms with E-state index < -0.39 is 0 Å². The van der Waals surface area contributed by atoms with Crippen LogP contribution in [-0.4, -0.2) is 19.3 Å². The van der Waals surface area contributed by atoms with E-state index in [0.29, 0.717) is 12.0 Å². The Bertz CT molecular complexity index is 346. The molecular formula is C13H19BrFNO. The topological polar surface area (TPSA) is 35.2 Å². The lowest BCUT2D eigenvalue weighted by Crippen LogP contribution is -2.23. The van der Waals surface area contributed by atoms with E-state index >= 15 is 0 Å². The van der Waals surface area contributed by atoms with Crippen LogP contribution in [0.25, 0.3) is 0 Å². The van der Waals surface area contributed by atoms with Gasteiger partial charge in [-0.05, 0) is 43.9 Å². The lowest BCUT2D eigenvalue weighted by Gasteiger charge is -2.12. The minimum Gasteiger partial charge on any atom is -0.382 e. The summed E-state index contributed by atoms with van der Waals surface area (Å²) in [5.41, 5.74) is 6.64. The minimum atomic E-state index is -0.195. The van der Waals surface area contributed by atoms with Gasteiger partial charge in [-0.25, -0.2) is 4.39 Å². The molecule has 0 bridgehead atoms.